The van der Waals surface area contributed by atoms with Gasteiger partial charge in [0.05, 0.1) is 10.5 Å². The van der Waals surface area contributed by atoms with Crippen molar-refractivity contribution in [1.82, 2.24) is 4.98 Å². The maximum absolute atomic E-state index is 12.1. The molecule has 4 heteroatoms. The maximum Gasteiger partial charge on any atom is 0.201 e. The van der Waals surface area contributed by atoms with Gasteiger partial charge in [-0.1, -0.05) is 29.8 Å². The topological polar surface area (TPSA) is 39.2 Å². The van der Waals surface area contributed by atoms with Crippen LogP contribution in [0.5, 0.6) is 5.75 Å². The zero-order chi connectivity index (χ0) is 14.7. The van der Waals surface area contributed by atoms with Gasteiger partial charge < -0.3 is 4.74 Å². The molecule has 2 aromatic carbocycles. The van der Waals surface area contributed by atoms with Gasteiger partial charge >= 0.3 is 0 Å². The molecule has 104 valence electrons. The molecular formula is C17H12ClNO2. The Labute approximate surface area is 127 Å². The smallest absolute Gasteiger partial charge is 0.201 e. The quantitative estimate of drug-likeness (QED) is 0.679. The molecule has 0 bridgehead atoms. The van der Waals surface area contributed by atoms with E-state index in [1.165, 1.54) is 0 Å². The van der Waals surface area contributed by atoms with Crippen LogP contribution in [0.1, 0.15) is 10.4 Å². The summed E-state index contributed by atoms with van der Waals surface area (Å²) in [4.78, 5) is 16.4. The zero-order valence-electron chi connectivity index (χ0n) is 11.1. The molecule has 3 aromatic rings. The Morgan fingerprint density at radius 1 is 1.05 bits per heavy atom. The van der Waals surface area contributed by atoms with Gasteiger partial charge in [-0.25, -0.2) is 0 Å². The lowest BCUT2D eigenvalue weighted by atomic mass is 10.1. The molecule has 0 atom stereocenters. The Morgan fingerprint density at radius 3 is 2.76 bits per heavy atom. The number of halogens is 1. The molecule has 0 radical (unpaired) electrons. The van der Waals surface area contributed by atoms with Gasteiger partial charge in [0.1, 0.15) is 5.75 Å². The predicted molar refractivity (Wildman–Crippen MR) is 83.0 cm³/mol. The predicted octanol–water partition coefficient (Wildman–Crippen LogP) is 4.15. The van der Waals surface area contributed by atoms with Crippen LogP contribution in [0.3, 0.4) is 0 Å². The van der Waals surface area contributed by atoms with E-state index in [9.17, 15) is 4.79 Å². The van der Waals surface area contributed by atoms with Crippen LogP contribution in [0.25, 0.3) is 10.9 Å². The summed E-state index contributed by atoms with van der Waals surface area (Å²) in [5.74, 6) is 0.488. The van der Waals surface area contributed by atoms with E-state index in [2.05, 4.69) is 4.98 Å². The Bertz CT molecular complexity index is 796. The Balaban J connectivity index is 1.81. The van der Waals surface area contributed by atoms with Gasteiger partial charge in [0.2, 0.25) is 5.78 Å². The highest BCUT2D eigenvalue weighted by molar-refractivity contribution is 6.34. The molecule has 0 saturated heterocycles. The SMILES string of the molecule is O=C(COc1cccc2ncccc12)c1ccccc1Cl. The van der Waals surface area contributed by atoms with Gasteiger partial charge in [0.15, 0.2) is 6.61 Å². The summed E-state index contributed by atoms with van der Waals surface area (Å²) in [5, 5.41) is 1.32. The molecule has 0 saturated carbocycles. The number of nitrogens with zero attached hydrogens (tertiary/aromatic N) is 1. The highest BCUT2D eigenvalue weighted by Gasteiger charge is 2.11. The summed E-state index contributed by atoms with van der Waals surface area (Å²) in [6, 6.07) is 16.3. The molecule has 0 spiro atoms. The first-order valence-corrected chi connectivity index (χ1v) is 6.88. The van der Waals surface area contributed by atoms with Gasteiger partial charge in [0.25, 0.3) is 0 Å². The Kier molecular flexibility index (Phi) is 3.84. The van der Waals surface area contributed by atoms with Gasteiger partial charge in [-0.05, 0) is 36.4 Å². The van der Waals surface area contributed by atoms with Crippen molar-refractivity contribution in [3.05, 3.63) is 71.4 Å². The van der Waals surface area contributed by atoms with Crippen LogP contribution in [-0.2, 0) is 0 Å². The van der Waals surface area contributed by atoms with E-state index in [-0.39, 0.29) is 12.4 Å². The molecule has 1 heterocycles. The first-order valence-electron chi connectivity index (χ1n) is 6.50. The van der Waals surface area contributed by atoms with Gasteiger partial charge in [-0.15, -0.1) is 0 Å². The third-order valence-electron chi connectivity index (χ3n) is 3.14. The minimum absolute atomic E-state index is 0.0578. The van der Waals surface area contributed by atoms with Crippen molar-refractivity contribution in [3.8, 4) is 5.75 Å². The molecule has 0 amide bonds. The van der Waals surface area contributed by atoms with Crippen molar-refractivity contribution in [3.63, 3.8) is 0 Å². The lowest BCUT2D eigenvalue weighted by Crippen LogP contribution is -2.12. The molecule has 0 fully saturated rings. The normalized spacial score (nSPS) is 10.5. The second-order valence-electron chi connectivity index (χ2n) is 4.52. The van der Waals surface area contributed by atoms with Crippen molar-refractivity contribution in [2.45, 2.75) is 0 Å². The van der Waals surface area contributed by atoms with Gasteiger partial charge in [-0.3, -0.25) is 9.78 Å². The number of ether oxygens (including phenoxy) is 1. The number of fused-ring (bicyclic) bond motifs is 1. The average Bonchev–Trinajstić information content (AvgIpc) is 2.53. The maximum atomic E-state index is 12.1. The Morgan fingerprint density at radius 2 is 1.90 bits per heavy atom. The molecule has 0 unspecified atom stereocenters. The van der Waals surface area contributed by atoms with Crippen LogP contribution in [-0.4, -0.2) is 17.4 Å². The Hall–Kier alpha value is -2.39. The van der Waals surface area contributed by atoms with Crippen molar-refractivity contribution in [1.29, 1.82) is 0 Å². The largest absolute Gasteiger partial charge is 0.485 e. The molecular weight excluding hydrogens is 286 g/mol. The first kappa shape index (κ1) is 13.6. The van der Waals surface area contributed by atoms with Crippen molar-refractivity contribution in [2.24, 2.45) is 0 Å². The number of pyridine rings is 1. The summed E-state index contributed by atoms with van der Waals surface area (Å²) < 4.78 is 5.64. The summed E-state index contributed by atoms with van der Waals surface area (Å²) in [6.07, 6.45) is 1.72. The highest BCUT2D eigenvalue weighted by atomic mass is 35.5. The van der Waals surface area contributed by atoms with Crippen molar-refractivity contribution < 1.29 is 9.53 Å². The van der Waals surface area contributed by atoms with E-state index >= 15 is 0 Å². The zero-order valence-corrected chi connectivity index (χ0v) is 11.9. The van der Waals surface area contributed by atoms with Crippen LogP contribution >= 0.6 is 11.6 Å². The molecule has 0 N–H and O–H groups in total. The van der Waals surface area contributed by atoms with E-state index in [1.54, 1.807) is 30.5 Å². The summed E-state index contributed by atoms with van der Waals surface area (Å²) in [6.45, 7) is -0.0578. The molecule has 0 aliphatic rings. The third-order valence-corrected chi connectivity index (χ3v) is 3.47. The van der Waals surface area contributed by atoms with E-state index in [0.717, 1.165) is 10.9 Å². The van der Waals surface area contributed by atoms with Gasteiger partial charge in [0, 0.05) is 17.1 Å². The summed E-state index contributed by atoms with van der Waals surface area (Å²) >= 11 is 6.01. The van der Waals surface area contributed by atoms with Crippen LogP contribution in [0.2, 0.25) is 5.02 Å². The monoisotopic (exact) mass is 297 g/mol. The minimum Gasteiger partial charge on any atom is -0.485 e. The number of Topliss-reactive ketones (excluding diaryl/α,β-unsaturated/α-hetero) is 1. The minimum atomic E-state index is -0.151. The number of rotatable bonds is 4. The van der Waals surface area contributed by atoms with Crippen LogP contribution < -0.4 is 4.74 Å². The van der Waals surface area contributed by atoms with Crippen molar-refractivity contribution >= 4 is 28.3 Å². The van der Waals surface area contributed by atoms with E-state index in [0.29, 0.717) is 16.3 Å². The molecule has 0 aliphatic heterocycles. The number of hydrogen-bond donors (Lipinski definition) is 0. The molecule has 3 rings (SSSR count). The lowest BCUT2D eigenvalue weighted by molar-refractivity contribution is 0.0923. The van der Waals surface area contributed by atoms with Gasteiger partial charge in [-0.2, -0.15) is 0 Å². The molecule has 1 aromatic heterocycles. The molecule has 0 aliphatic carbocycles. The van der Waals surface area contributed by atoms with E-state index in [4.69, 9.17) is 16.3 Å². The fourth-order valence-corrected chi connectivity index (χ4v) is 2.35. The number of carbonyl (C=O) groups excluding carboxylic acids is 1. The van der Waals surface area contributed by atoms with E-state index < -0.39 is 0 Å². The standard InChI is InChI=1S/C17H12ClNO2/c18-14-7-2-1-5-12(14)16(20)11-21-17-9-3-8-15-13(17)6-4-10-19-15/h1-10H,11H2. The summed E-state index contributed by atoms with van der Waals surface area (Å²) in [5.41, 5.74) is 1.30. The fraction of sp³-hybridized carbons (Fsp3) is 0.0588. The number of benzene rings is 2. The number of aromatic nitrogens is 1. The van der Waals surface area contributed by atoms with Crippen LogP contribution in [0.15, 0.2) is 60.8 Å². The van der Waals surface area contributed by atoms with Crippen molar-refractivity contribution in [2.75, 3.05) is 6.61 Å². The number of hydrogen-bond acceptors (Lipinski definition) is 3. The average molecular weight is 298 g/mol. The molecule has 3 nitrogen and oxygen atoms in total. The lowest BCUT2D eigenvalue weighted by Gasteiger charge is -2.09. The summed E-state index contributed by atoms with van der Waals surface area (Å²) in [7, 11) is 0. The van der Waals surface area contributed by atoms with Crippen LogP contribution in [0.4, 0.5) is 0 Å². The van der Waals surface area contributed by atoms with Crippen LogP contribution in [0, 0.1) is 0 Å². The second-order valence-corrected chi connectivity index (χ2v) is 4.93. The van der Waals surface area contributed by atoms with E-state index in [1.807, 2.05) is 30.3 Å². The molecule has 21 heavy (non-hydrogen) atoms. The fourth-order valence-electron chi connectivity index (χ4n) is 2.11. The number of carbonyl (C=O) groups is 1. The second kappa shape index (κ2) is 5.94. The third kappa shape index (κ3) is 2.88. The number of ketones is 1. The highest BCUT2D eigenvalue weighted by Crippen LogP contribution is 2.24. The first-order chi connectivity index (χ1) is 10.3.